The van der Waals surface area contributed by atoms with E-state index in [1.165, 1.54) is 0 Å². The van der Waals surface area contributed by atoms with Crippen molar-refractivity contribution in [1.82, 2.24) is 4.98 Å². The maximum atomic E-state index is 12.2. The molecular formula is C13H9BrN2OS. The van der Waals surface area contributed by atoms with Gasteiger partial charge >= 0.3 is 0 Å². The lowest BCUT2D eigenvalue weighted by Crippen LogP contribution is -2.00. The molecule has 90 valence electrons. The highest BCUT2D eigenvalue weighted by atomic mass is 79.9. The molecule has 1 aromatic carbocycles. The van der Waals surface area contributed by atoms with Crippen molar-refractivity contribution in [2.45, 2.75) is 10.6 Å². The molecule has 1 unspecified atom stereocenters. The average Bonchev–Trinajstić information content (AvgIpc) is 2.40. The summed E-state index contributed by atoms with van der Waals surface area (Å²) in [4.78, 5) is 4.70. The first-order valence-electron chi connectivity index (χ1n) is 5.18. The van der Waals surface area contributed by atoms with Crippen LogP contribution in [0.25, 0.3) is 0 Å². The van der Waals surface area contributed by atoms with E-state index < -0.39 is 10.8 Å². The molecule has 3 nitrogen and oxygen atoms in total. The molecule has 0 bridgehead atoms. The van der Waals surface area contributed by atoms with Gasteiger partial charge in [-0.05, 0) is 30.3 Å². The summed E-state index contributed by atoms with van der Waals surface area (Å²) < 4.78 is 13.1. The van der Waals surface area contributed by atoms with Crippen LogP contribution in [-0.4, -0.2) is 9.19 Å². The lowest BCUT2D eigenvalue weighted by atomic mass is 10.2. The highest BCUT2D eigenvalue weighted by Gasteiger charge is 2.09. The van der Waals surface area contributed by atoms with E-state index in [2.05, 4.69) is 20.9 Å². The first-order valence-corrected chi connectivity index (χ1v) is 7.30. The summed E-state index contributed by atoms with van der Waals surface area (Å²) in [5.41, 5.74) is 1.05. The lowest BCUT2D eigenvalue weighted by molar-refractivity contribution is 0.682. The van der Waals surface area contributed by atoms with Crippen molar-refractivity contribution in [1.29, 1.82) is 5.26 Å². The second kappa shape index (κ2) is 5.89. The van der Waals surface area contributed by atoms with Crippen LogP contribution >= 0.6 is 15.9 Å². The first kappa shape index (κ1) is 12.9. The Morgan fingerprint density at radius 2 is 2.00 bits per heavy atom. The fraction of sp³-hybridized carbons (Fsp3) is 0.0769. The van der Waals surface area contributed by atoms with E-state index in [4.69, 9.17) is 5.26 Å². The van der Waals surface area contributed by atoms with Gasteiger partial charge in [-0.2, -0.15) is 5.26 Å². The van der Waals surface area contributed by atoms with Gasteiger partial charge in [-0.25, -0.2) is 4.98 Å². The van der Waals surface area contributed by atoms with Crippen LogP contribution in [0.3, 0.4) is 0 Å². The van der Waals surface area contributed by atoms with Gasteiger partial charge in [-0.15, -0.1) is 0 Å². The second-order valence-corrected chi connectivity index (χ2v) is 5.93. The molecule has 5 heteroatoms. The summed E-state index contributed by atoms with van der Waals surface area (Å²) in [7, 11) is -1.17. The zero-order valence-electron chi connectivity index (χ0n) is 9.34. The van der Waals surface area contributed by atoms with Crippen LogP contribution in [0.1, 0.15) is 11.3 Å². The van der Waals surface area contributed by atoms with Crippen molar-refractivity contribution < 1.29 is 4.21 Å². The molecule has 2 rings (SSSR count). The van der Waals surface area contributed by atoms with Gasteiger partial charge in [-0.1, -0.05) is 22.0 Å². The molecule has 1 heterocycles. The van der Waals surface area contributed by atoms with E-state index in [-0.39, 0.29) is 0 Å². The van der Waals surface area contributed by atoms with Gasteiger partial charge in [0, 0.05) is 21.1 Å². The Bertz CT molecular complexity index is 620. The summed E-state index contributed by atoms with van der Waals surface area (Å²) in [5.74, 6) is 0.304. The lowest BCUT2D eigenvalue weighted by Gasteiger charge is -2.04. The molecule has 0 saturated carbocycles. The Labute approximate surface area is 116 Å². The second-order valence-electron chi connectivity index (χ2n) is 3.57. The Balaban J connectivity index is 2.22. The third-order valence-electron chi connectivity index (χ3n) is 2.36. The van der Waals surface area contributed by atoms with Crippen molar-refractivity contribution >= 4 is 26.7 Å². The molecule has 0 N–H and O–H groups in total. The maximum Gasteiger partial charge on any atom is 0.144 e. The van der Waals surface area contributed by atoms with E-state index >= 15 is 0 Å². The van der Waals surface area contributed by atoms with Crippen LogP contribution in [0.5, 0.6) is 0 Å². The summed E-state index contributed by atoms with van der Waals surface area (Å²) in [6.45, 7) is 0. The number of halogens is 1. The Morgan fingerprint density at radius 3 is 2.67 bits per heavy atom. The third kappa shape index (κ3) is 3.03. The van der Waals surface area contributed by atoms with E-state index in [9.17, 15) is 4.21 Å². The molecule has 2 aromatic rings. The normalized spacial score (nSPS) is 11.8. The molecule has 0 saturated heterocycles. The SMILES string of the molecule is N#Cc1ncccc1CS(=O)c1ccc(Br)cc1. The molecule has 0 fully saturated rings. The topological polar surface area (TPSA) is 53.8 Å². The van der Waals surface area contributed by atoms with Gasteiger partial charge in [0.25, 0.3) is 0 Å². The van der Waals surface area contributed by atoms with Crippen molar-refractivity contribution in [3.8, 4) is 6.07 Å². The molecule has 0 aliphatic heterocycles. The van der Waals surface area contributed by atoms with Crippen molar-refractivity contribution in [3.63, 3.8) is 0 Å². The highest BCUT2D eigenvalue weighted by Crippen LogP contribution is 2.17. The van der Waals surface area contributed by atoms with Crippen LogP contribution < -0.4 is 0 Å². The van der Waals surface area contributed by atoms with Crippen LogP contribution in [0, 0.1) is 11.3 Å². The number of nitriles is 1. The number of aromatic nitrogens is 1. The van der Waals surface area contributed by atoms with Gasteiger partial charge in [0.1, 0.15) is 11.8 Å². The highest BCUT2D eigenvalue weighted by molar-refractivity contribution is 9.10. The van der Waals surface area contributed by atoms with Crippen LogP contribution in [0.4, 0.5) is 0 Å². The third-order valence-corrected chi connectivity index (χ3v) is 4.26. The monoisotopic (exact) mass is 320 g/mol. The average molecular weight is 321 g/mol. The number of pyridine rings is 1. The summed E-state index contributed by atoms with van der Waals surface area (Å²) in [6, 6.07) is 12.8. The van der Waals surface area contributed by atoms with Crippen molar-refractivity contribution in [2.24, 2.45) is 0 Å². The molecule has 1 aromatic heterocycles. The predicted octanol–water partition coefficient (Wildman–Crippen LogP) is 3.02. The zero-order valence-corrected chi connectivity index (χ0v) is 11.7. The number of nitrogens with zero attached hydrogens (tertiary/aromatic N) is 2. The quantitative estimate of drug-likeness (QED) is 0.873. The van der Waals surface area contributed by atoms with E-state index in [1.54, 1.807) is 18.3 Å². The summed E-state index contributed by atoms with van der Waals surface area (Å²) in [6.07, 6.45) is 1.56. The smallest absolute Gasteiger partial charge is 0.144 e. The first-order chi connectivity index (χ1) is 8.70. The standard InChI is InChI=1S/C13H9BrN2OS/c14-11-3-5-12(6-4-11)18(17)9-10-2-1-7-16-13(10)8-15/h1-7H,9H2. The maximum absolute atomic E-state index is 12.2. The summed E-state index contributed by atoms with van der Waals surface area (Å²) >= 11 is 3.33. The zero-order chi connectivity index (χ0) is 13.0. The van der Waals surface area contributed by atoms with Crippen molar-refractivity contribution in [3.05, 3.63) is 58.3 Å². The van der Waals surface area contributed by atoms with Crippen LogP contribution in [0.2, 0.25) is 0 Å². The minimum absolute atomic E-state index is 0.304. The van der Waals surface area contributed by atoms with E-state index in [0.717, 1.165) is 9.37 Å². The molecule has 0 aliphatic rings. The Hall–Kier alpha value is -1.51. The predicted molar refractivity (Wildman–Crippen MR) is 73.2 cm³/mol. The van der Waals surface area contributed by atoms with Gasteiger partial charge in [-0.3, -0.25) is 4.21 Å². The fourth-order valence-electron chi connectivity index (χ4n) is 1.47. The molecule has 0 amide bonds. The van der Waals surface area contributed by atoms with E-state index in [0.29, 0.717) is 17.0 Å². The minimum atomic E-state index is -1.17. The molecule has 1 atom stereocenters. The summed E-state index contributed by atoms with van der Waals surface area (Å²) in [5, 5.41) is 8.92. The van der Waals surface area contributed by atoms with Crippen molar-refractivity contribution in [2.75, 3.05) is 0 Å². The fourth-order valence-corrected chi connectivity index (χ4v) is 2.85. The molecular weight excluding hydrogens is 312 g/mol. The van der Waals surface area contributed by atoms with Gasteiger partial charge < -0.3 is 0 Å². The number of benzene rings is 1. The van der Waals surface area contributed by atoms with Gasteiger partial charge in [0.2, 0.25) is 0 Å². The molecule has 18 heavy (non-hydrogen) atoms. The molecule has 0 radical (unpaired) electrons. The van der Waals surface area contributed by atoms with E-state index in [1.807, 2.05) is 30.3 Å². The minimum Gasteiger partial charge on any atom is -0.254 e. The Morgan fingerprint density at radius 1 is 1.28 bits per heavy atom. The van der Waals surface area contributed by atoms with Crippen LogP contribution in [-0.2, 0) is 16.6 Å². The largest absolute Gasteiger partial charge is 0.254 e. The number of hydrogen-bond donors (Lipinski definition) is 0. The van der Waals surface area contributed by atoms with Gasteiger partial charge in [0.05, 0.1) is 16.6 Å². The number of hydrogen-bond acceptors (Lipinski definition) is 3. The molecule has 0 aliphatic carbocycles. The number of rotatable bonds is 3. The molecule has 0 spiro atoms. The van der Waals surface area contributed by atoms with Gasteiger partial charge in [0.15, 0.2) is 0 Å². The van der Waals surface area contributed by atoms with Crippen LogP contribution in [0.15, 0.2) is 52.0 Å². The Kier molecular flexibility index (Phi) is 4.24.